The molecule has 2 aliphatic heterocycles. The predicted octanol–water partition coefficient (Wildman–Crippen LogP) is 0.366. The summed E-state index contributed by atoms with van der Waals surface area (Å²) in [5.41, 5.74) is 0. The molecule has 6 unspecified atom stereocenters. The van der Waals surface area contributed by atoms with Crippen molar-refractivity contribution in [2.24, 2.45) is 5.92 Å². The minimum absolute atomic E-state index is 0.0946. The van der Waals surface area contributed by atoms with E-state index in [0.29, 0.717) is 18.1 Å². The van der Waals surface area contributed by atoms with E-state index in [1.807, 2.05) is 0 Å². The highest BCUT2D eigenvalue weighted by Crippen LogP contribution is 2.34. The number of hydrogen-bond acceptors (Lipinski definition) is 6. The zero-order valence-electron chi connectivity index (χ0n) is 17.1. The largest absolute Gasteiger partial charge is 0.378 e. The van der Waals surface area contributed by atoms with Gasteiger partial charge in [-0.3, -0.25) is 10.6 Å². The first-order chi connectivity index (χ1) is 13.0. The quantitative estimate of drug-likeness (QED) is 0.409. The van der Waals surface area contributed by atoms with Crippen molar-refractivity contribution < 1.29 is 9.53 Å². The van der Waals surface area contributed by atoms with E-state index in [-0.39, 0.29) is 24.5 Å². The number of carbonyl (C=O) groups excluding carboxylic acids is 1. The summed E-state index contributed by atoms with van der Waals surface area (Å²) in [6, 6.07) is 0.505. The Labute approximate surface area is 163 Å². The molecule has 1 saturated carbocycles. The second-order valence-electron chi connectivity index (χ2n) is 8.65. The topological polar surface area (TPSA) is 89.7 Å². The number of nitrogens with zero attached hydrogens (tertiary/aromatic N) is 1. The molecule has 0 aromatic carbocycles. The maximum atomic E-state index is 12.5. The lowest BCUT2D eigenvalue weighted by molar-refractivity contribution is 0.0585. The molecule has 1 aliphatic carbocycles. The van der Waals surface area contributed by atoms with Crippen LogP contribution in [0.25, 0.3) is 0 Å². The molecule has 8 heteroatoms. The highest BCUT2D eigenvalue weighted by Gasteiger charge is 2.35. The smallest absolute Gasteiger partial charge is 0.317 e. The molecule has 27 heavy (non-hydrogen) atoms. The van der Waals surface area contributed by atoms with Crippen LogP contribution in [0.2, 0.25) is 0 Å². The molecule has 0 radical (unpaired) electrons. The predicted molar refractivity (Wildman–Crippen MR) is 106 cm³/mol. The standard InChI is InChI=1S/C19H38N6O2/c1-13-11-17(20-8-4-9-25(2)3)23-18(21-13)24-19(26)22-15-5-6-16-14(12-15)7-10-27-16/h13-18,20-21,23H,4-12H2,1-3H3,(H2,22,24,26). The van der Waals surface area contributed by atoms with Gasteiger partial charge in [0.25, 0.3) is 0 Å². The van der Waals surface area contributed by atoms with Gasteiger partial charge in [0.05, 0.1) is 12.3 Å². The number of ether oxygens (including phenoxy) is 1. The van der Waals surface area contributed by atoms with Crippen LogP contribution in [0.3, 0.4) is 0 Å². The minimum Gasteiger partial charge on any atom is -0.378 e. The number of urea groups is 1. The molecule has 5 N–H and O–H groups in total. The van der Waals surface area contributed by atoms with E-state index in [4.69, 9.17) is 4.74 Å². The molecule has 0 bridgehead atoms. The van der Waals surface area contributed by atoms with Gasteiger partial charge in [0, 0.05) is 18.7 Å². The zero-order valence-corrected chi connectivity index (χ0v) is 17.1. The third-order valence-electron chi connectivity index (χ3n) is 5.93. The maximum Gasteiger partial charge on any atom is 0.317 e. The van der Waals surface area contributed by atoms with E-state index in [1.54, 1.807) is 0 Å². The van der Waals surface area contributed by atoms with E-state index in [9.17, 15) is 4.79 Å². The molecule has 2 saturated heterocycles. The summed E-state index contributed by atoms with van der Waals surface area (Å²) < 4.78 is 5.75. The molecule has 0 aromatic rings. The second kappa shape index (κ2) is 10.0. The maximum absolute atomic E-state index is 12.5. The average molecular weight is 383 g/mol. The third-order valence-corrected chi connectivity index (χ3v) is 5.93. The van der Waals surface area contributed by atoms with Crippen molar-refractivity contribution in [3.8, 4) is 0 Å². The number of carbonyl (C=O) groups is 1. The van der Waals surface area contributed by atoms with Gasteiger partial charge in [-0.2, -0.15) is 0 Å². The first kappa shape index (κ1) is 20.8. The zero-order chi connectivity index (χ0) is 19.2. The SMILES string of the molecule is CC1CC(NCCCN(C)C)NC(NC(=O)NC2CCC3OCCC3C2)N1. The third kappa shape index (κ3) is 6.57. The molecule has 3 rings (SSSR count). The van der Waals surface area contributed by atoms with Crippen molar-refractivity contribution in [1.82, 2.24) is 31.5 Å². The fourth-order valence-electron chi connectivity index (χ4n) is 4.54. The Morgan fingerprint density at radius 2 is 2.00 bits per heavy atom. The molecule has 3 fully saturated rings. The monoisotopic (exact) mass is 382 g/mol. The Morgan fingerprint density at radius 3 is 2.81 bits per heavy atom. The Hall–Kier alpha value is -0.930. The molecule has 8 nitrogen and oxygen atoms in total. The van der Waals surface area contributed by atoms with Crippen molar-refractivity contribution in [1.29, 1.82) is 0 Å². The van der Waals surface area contributed by atoms with E-state index in [2.05, 4.69) is 52.5 Å². The van der Waals surface area contributed by atoms with Crippen LogP contribution in [0, 0.1) is 5.92 Å². The van der Waals surface area contributed by atoms with Crippen LogP contribution in [-0.2, 0) is 4.74 Å². The first-order valence-electron chi connectivity index (χ1n) is 10.6. The second-order valence-corrected chi connectivity index (χ2v) is 8.65. The van der Waals surface area contributed by atoms with Crippen molar-refractivity contribution in [2.45, 2.75) is 76.1 Å². The summed E-state index contributed by atoms with van der Waals surface area (Å²) in [6.07, 6.45) is 6.76. The minimum atomic E-state index is -0.216. The van der Waals surface area contributed by atoms with Crippen molar-refractivity contribution in [3.05, 3.63) is 0 Å². The normalized spacial score (nSPS) is 36.4. The molecule has 156 valence electrons. The number of nitrogens with one attached hydrogen (secondary N) is 5. The van der Waals surface area contributed by atoms with Gasteiger partial charge >= 0.3 is 6.03 Å². The highest BCUT2D eigenvalue weighted by molar-refractivity contribution is 5.74. The lowest BCUT2D eigenvalue weighted by Crippen LogP contribution is -2.68. The number of hydrogen-bond donors (Lipinski definition) is 5. The number of rotatable bonds is 7. The fraction of sp³-hybridized carbons (Fsp3) is 0.947. The highest BCUT2D eigenvalue weighted by atomic mass is 16.5. The van der Waals surface area contributed by atoms with E-state index in [0.717, 1.165) is 58.2 Å². The molecular weight excluding hydrogens is 344 g/mol. The van der Waals surface area contributed by atoms with Gasteiger partial charge < -0.3 is 25.6 Å². The molecule has 3 aliphatic rings. The Kier molecular flexibility index (Phi) is 7.72. The van der Waals surface area contributed by atoms with Gasteiger partial charge in [-0.1, -0.05) is 0 Å². The van der Waals surface area contributed by atoms with Crippen LogP contribution in [0.1, 0.15) is 45.4 Å². The fourth-order valence-corrected chi connectivity index (χ4v) is 4.54. The first-order valence-corrected chi connectivity index (χ1v) is 10.6. The van der Waals surface area contributed by atoms with Crippen molar-refractivity contribution in [3.63, 3.8) is 0 Å². The Balaban J connectivity index is 1.37. The lowest BCUT2D eigenvalue weighted by Gasteiger charge is -2.37. The molecule has 0 aromatic heterocycles. The van der Waals surface area contributed by atoms with Crippen LogP contribution in [-0.4, -0.2) is 75.4 Å². The Morgan fingerprint density at radius 1 is 1.15 bits per heavy atom. The summed E-state index contributed by atoms with van der Waals surface area (Å²) in [4.78, 5) is 14.7. The number of amides is 2. The van der Waals surface area contributed by atoms with Gasteiger partial charge in [-0.25, -0.2) is 4.79 Å². The van der Waals surface area contributed by atoms with Crippen molar-refractivity contribution >= 4 is 6.03 Å². The molecular formula is C19H38N6O2. The summed E-state index contributed by atoms with van der Waals surface area (Å²) in [6.45, 7) is 5.08. The van der Waals surface area contributed by atoms with E-state index in [1.165, 1.54) is 0 Å². The molecule has 0 spiro atoms. The Bertz CT molecular complexity index is 477. The van der Waals surface area contributed by atoms with Gasteiger partial charge in [0.1, 0.15) is 6.29 Å². The summed E-state index contributed by atoms with van der Waals surface area (Å²) in [5.74, 6) is 0.616. The summed E-state index contributed by atoms with van der Waals surface area (Å²) in [5, 5.41) is 16.6. The van der Waals surface area contributed by atoms with Crippen molar-refractivity contribution in [2.75, 3.05) is 33.8 Å². The average Bonchev–Trinajstić information content (AvgIpc) is 3.05. The summed E-state index contributed by atoms with van der Waals surface area (Å²) in [7, 11) is 4.19. The van der Waals surface area contributed by atoms with Gasteiger partial charge in [0.15, 0.2) is 0 Å². The van der Waals surface area contributed by atoms with Gasteiger partial charge in [-0.05, 0) is 78.6 Å². The molecule has 6 atom stereocenters. The molecule has 2 heterocycles. The van der Waals surface area contributed by atoms with Crippen LogP contribution in [0.4, 0.5) is 4.79 Å². The number of fused-ring (bicyclic) bond motifs is 1. The van der Waals surface area contributed by atoms with Crippen LogP contribution in [0.15, 0.2) is 0 Å². The van der Waals surface area contributed by atoms with Gasteiger partial charge in [-0.15, -0.1) is 0 Å². The lowest BCUT2D eigenvalue weighted by atomic mass is 9.83. The van der Waals surface area contributed by atoms with Crippen LogP contribution in [0.5, 0.6) is 0 Å². The summed E-state index contributed by atoms with van der Waals surface area (Å²) >= 11 is 0. The van der Waals surface area contributed by atoms with E-state index >= 15 is 0 Å². The van der Waals surface area contributed by atoms with Gasteiger partial charge in [0.2, 0.25) is 0 Å². The van der Waals surface area contributed by atoms with E-state index < -0.39 is 0 Å². The molecule has 2 amide bonds. The van der Waals surface area contributed by atoms with Crippen LogP contribution < -0.4 is 26.6 Å². The van der Waals surface area contributed by atoms with Crippen LogP contribution >= 0.6 is 0 Å².